The van der Waals surface area contributed by atoms with Gasteiger partial charge in [-0.2, -0.15) is 0 Å². The van der Waals surface area contributed by atoms with Crippen LogP contribution < -0.4 is 0 Å². The maximum absolute atomic E-state index is 12.0. The van der Waals surface area contributed by atoms with E-state index in [4.69, 9.17) is 58.0 Å². The Hall–Kier alpha value is -0.130. The number of rotatable bonds is 2. The minimum atomic E-state index is -1.72. The molecule has 2 aliphatic rings. The first-order valence-corrected chi connectivity index (χ1v) is 7.13. The molecule has 0 aromatic carbocycles. The van der Waals surface area contributed by atoms with Crippen LogP contribution in [-0.2, 0) is 19.1 Å². The number of ether oxygens (including phenoxy) is 2. The highest BCUT2D eigenvalue weighted by molar-refractivity contribution is 6.59. The second kappa shape index (κ2) is 4.96. The van der Waals surface area contributed by atoms with Crippen LogP contribution in [0.4, 0.5) is 0 Å². The first-order chi connectivity index (χ1) is 9.18. The summed E-state index contributed by atoms with van der Waals surface area (Å²) < 4.78 is 9.25. The van der Waals surface area contributed by atoms with E-state index in [1.54, 1.807) is 0 Å². The van der Waals surface area contributed by atoms with Gasteiger partial charge < -0.3 is 9.47 Å². The van der Waals surface area contributed by atoms with E-state index in [2.05, 4.69) is 9.47 Å². The van der Waals surface area contributed by atoms with Gasteiger partial charge in [-0.05, 0) is 0 Å². The zero-order chi connectivity index (χ0) is 15.5. The Morgan fingerprint density at radius 2 is 1.25 bits per heavy atom. The van der Waals surface area contributed by atoms with Crippen LogP contribution in [0.5, 0.6) is 0 Å². The van der Waals surface area contributed by atoms with Gasteiger partial charge in [0.15, 0.2) is 0 Å². The topological polar surface area (TPSA) is 52.6 Å². The third-order valence-corrected chi connectivity index (χ3v) is 6.62. The fraction of sp³-hybridized carbons (Fsp3) is 0.455. The highest BCUT2D eigenvalue weighted by Crippen LogP contribution is 2.67. The van der Waals surface area contributed by atoms with Crippen LogP contribution >= 0.6 is 58.0 Å². The summed E-state index contributed by atoms with van der Waals surface area (Å²) in [4.78, 5) is 20.5. The molecule has 0 N–H and O–H groups in total. The summed E-state index contributed by atoms with van der Waals surface area (Å²) in [6, 6.07) is 0. The molecule has 2 bridgehead atoms. The molecule has 0 saturated carbocycles. The van der Waals surface area contributed by atoms with Crippen LogP contribution in [0, 0.1) is 0 Å². The Labute approximate surface area is 139 Å². The quantitative estimate of drug-likeness (QED) is 0.546. The van der Waals surface area contributed by atoms with Crippen LogP contribution in [0.15, 0.2) is 21.2 Å². The second-order valence-electron chi connectivity index (χ2n) is 4.15. The van der Waals surface area contributed by atoms with Gasteiger partial charge in [0.1, 0.15) is 9.75 Å². The lowest BCUT2D eigenvalue weighted by molar-refractivity contribution is -0.139. The second-order valence-corrected chi connectivity index (χ2v) is 6.53. The zero-order valence-corrected chi connectivity index (χ0v) is 13.9. The maximum Gasteiger partial charge on any atom is 0.336 e. The van der Waals surface area contributed by atoms with Gasteiger partial charge in [0, 0.05) is 0 Å². The van der Waals surface area contributed by atoms with Gasteiger partial charge in [-0.1, -0.05) is 23.2 Å². The minimum Gasteiger partial charge on any atom is -0.466 e. The van der Waals surface area contributed by atoms with Gasteiger partial charge in [-0.15, -0.1) is 34.8 Å². The number of hydrogen-bond acceptors (Lipinski definition) is 4. The summed E-state index contributed by atoms with van der Waals surface area (Å²) in [7, 11) is 2.25. The Kier molecular flexibility index (Phi) is 4.03. The van der Waals surface area contributed by atoms with E-state index in [0.29, 0.717) is 0 Å². The number of hydrogen-bond donors (Lipinski definition) is 0. The van der Waals surface area contributed by atoms with Crippen molar-refractivity contribution in [3.63, 3.8) is 0 Å². The molecule has 2 rings (SSSR count). The zero-order valence-electron chi connectivity index (χ0n) is 10.1. The summed E-state index contributed by atoms with van der Waals surface area (Å²) in [6.45, 7) is 0. The number of carbonyl (C=O) groups excluding carboxylic acids is 2. The number of halogens is 5. The number of alkyl halides is 3. The monoisotopic (exact) mass is 378 g/mol. The largest absolute Gasteiger partial charge is 0.466 e. The van der Waals surface area contributed by atoms with E-state index in [0.717, 1.165) is 14.2 Å². The summed E-state index contributed by atoms with van der Waals surface area (Å²) in [5.74, 6) is -1.76. The van der Waals surface area contributed by atoms with Crippen molar-refractivity contribution in [1.29, 1.82) is 0 Å². The first kappa shape index (κ1) is 16.2. The molecule has 0 fully saturated rings. The Morgan fingerprint density at radius 3 is 1.50 bits per heavy atom. The molecule has 9 heteroatoms. The summed E-state index contributed by atoms with van der Waals surface area (Å²) in [5.41, 5.74) is -0.504. The molecule has 0 aliphatic heterocycles. The lowest BCUT2D eigenvalue weighted by Crippen LogP contribution is -2.37. The average Bonchev–Trinajstić information content (AvgIpc) is 2.70. The predicted octanol–water partition coefficient (Wildman–Crippen LogP) is 2.91. The van der Waals surface area contributed by atoms with Crippen molar-refractivity contribution in [1.82, 2.24) is 0 Å². The summed E-state index contributed by atoms with van der Waals surface area (Å²) in [6.07, 6.45) is 0. The molecule has 0 heterocycles. The van der Waals surface area contributed by atoms with Crippen molar-refractivity contribution in [2.24, 2.45) is 0 Å². The van der Waals surface area contributed by atoms with Crippen molar-refractivity contribution in [2.75, 3.05) is 14.2 Å². The van der Waals surface area contributed by atoms with Gasteiger partial charge in [0.25, 0.3) is 0 Å². The van der Waals surface area contributed by atoms with Gasteiger partial charge in [-0.3, -0.25) is 0 Å². The molecule has 0 aromatic heterocycles. The van der Waals surface area contributed by atoms with E-state index in [1.807, 2.05) is 0 Å². The fourth-order valence-electron chi connectivity index (χ4n) is 2.36. The molecule has 2 aliphatic carbocycles. The van der Waals surface area contributed by atoms with Crippen LogP contribution in [-0.4, -0.2) is 41.3 Å². The highest BCUT2D eigenvalue weighted by Gasteiger charge is 2.72. The Bertz CT molecular complexity index is 535. The third-order valence-electron chi connectivity index (χ3n) is 3.29. The molecule has 0 aromatic rings. The van der Waals surface area contributed by atoms with Crippen LogP contribution in [0.25, 0.3) is 0 Å². The van der Waals surface area contributed by atoms with Gasteiger partial charge in [0.2, 0.25) is 0 Å². The highest BCUT2D eigenvalue weighted by atomic mass is 35.5. The number of carbonyl (C=O) groups is 2. The van der Waals surface area contributed by atoms with Crippen molar-refractivity contribution in [3.05, 3.63) is 21.2 Å². The van der Waals surface area contributed by atoms with Crippen LogP contribution in [0.3, 0.4) is 0 Å². The summed E-state index contributed by atoms with van der Waals surface area (Å²) >= 11 is 31.0. The van der Waals surface area contributed by atoms with Crippen LogP contribution in [0.1, 0.15) is 0 Å². The molecule has 20 heavy (non-hydrogen) atoms. The number of methoxy groups -OCH3 is 2. The van der Waals surface area contributed by atoms with Crippen molar-refractivity contribution < 1.29 is 19.1 Å². The first-order valence-electron chi connectivity index (χ1n) is 5.18. The normalized spacial score (nSPS) is 35.6. The molecule has 2 unspecified atom stereocenters. The molecule has 2 atom stereocenters. The van der Waals surface area contributed by atoms with E-state index in [9.17, 15) is 9.59 Å². The molecule has 0 amide bonds. The van der Waals surface area contributed by atoms with Crippen LogP contribution in [0.2, 0.25) is 0 Å². The molecule has 4 nitrogen and oxygen atoms in total. The standard InChI is InChI=1S/C11H7Cl5O4/c1-19-7(17)3-4(8(18)20-2)11(16)6(13)5(12)10(3,15)9(11)14/h9H,1-2H3. The van der Waals surface area contributed by atoms with E-state index in [1.165, 1.54) is 0 Å². The Balaban J connectivity index is 2.81. The fourth-order valence-corrected chi connectivity index (χ4v) is 4.62. The molecule has 0 spiro atoms. The molecule has 110 valence electrons. The smallest absolute Gasteiger partial charge is 0.336 e. The van der Waals surface area contributed by atoms with Gasteiger partial charge in [0.05, 0.1) is 40.8 Å². The SMILES string of the molecule is COC(=O)C1=C(C(=O)OC)C2(Cl)C(Cl)=C(Cl)C1(Cl)C2Cl. The average molecular weight is 380 g/mol. The van der Waals surface area contributed by atoms with E-state index in [-0.39, 0.29) is 21.2 Å². The van der Waals surface area contributed by atoms with Crippen molar-refractivity contribution in [3.8, 4) is 0 Å². The number of allylic oxidation sites excluding steroid dienone is 2. The van der Waals surface area contributed by atoms with Crippen molar-refractivity contribution in [2.45, 2.75) is 15.1 Å². The Morgan fingerprint density at radius 1 is 0.950 bits per heavy atom. The summed E-state index contributed by atoms with van der Waals surface area (Å²) in [5, 5.41) is -1.35. The molecule has 0 saturated heterocycles. The van der Waals surface area contributed by atoms with E-state index < -0.39 is 27.1 Å². The van der Waals surface area contributed by atoms with Gasteiger partial charge >= 0.3 is 11.9 Å². The molecular formula is C11H7Cl5O4. The lowest BCUT2D eigenvalue weighted by atomic mass is 9.95. The number of fused-ring (bicyclic) bond motifs is 2. The predicted molar refractivity (Wildman–Crippen MR) is 76.6 cm³/mol. The minimum absolute atomic E-state index is 0.108. The molecule has 0 radical (unpaired) electrons. The number of esters is 2. The van der Waals surface area contributed by atoms with Crippen molar-refractivity contribution >= 4 is 69.9 Å². The maximum atomic E-state index is 12.0. The van der Waals surface area contributed by atoms with Gasteiger partial charge in [-0.25, -0.2) is 9.59 Å². The third kappa shape index (κ3) is 1.63. The lowest BCUT2D eigenvalue weighted by Gasteiger charge is -2.24. The van der Waals surface area contributed by atoms with E-state index >= 15 is 0 Å². The molecular weight excluding hydrogens is 373 g/mol.